The van der Waals surface area contributed by atoms with Crippen molar-refractivity contribution >= 4 is 11.6 Å². The number of benzene rings is 1. The van der Waals surface area contributed by atoms with E-state index in [2.05, 4.69) is 20.5 Å². The molecule has 0 radical (unpaired) electrons. The molecule has 1 aliphatic rings. The van der Waals surface area contributed by atoms with Gasteiger partial charge >= 0.3 is 0 Å². The Morgan fingerprint density at radius 1 is 1.44 bits per heavy atom. The molecule has 3 rings (SSSR count). The number of anilines is 1. The van der Waals surface area contributed by atoms with Gasteiger partial charge in [0.05, 0.1) is 12.2 Å². The van der Waals surface area contributed by atoms with Crippen molar-refractivity contribution in [1.82, 2.24) is 15.2 Å². The number of carbonyl (C=O) groups is 1. The molecule has 0 spiro atoms. The van der Waals surface area contributed by atoms with Crippen molar-refractivity contribution in [3.63, 3.8) is 0 Å². The average Bonchev–Trinajstić information content (AvgIpc) is 2.86. The zero-order valence-electron chi connectivity index (χ0n) is 9.43. The summed E-state index contributed by atoms with van der Waals surface area (Å²) in [4.78, 5) is 15.5. The molecule has 18 heavy (non-hydrogen) atoms. The van der Waals surface area contributed by atoms with Crippen LogP contribution in [0.3, 0.4) is 0 Å². The lowest BCUT2D eigenvalue weighted by Crippen LogP contribution is -2.25. The second-order valence-electron chi connectivity index (χ2n) is 3.86. The van der Waals surface area contributed by atoms with Gasteiger partial charge in [0.1, 0.15) is 11.6 Å². The highest BCUT2D eigenvalue weighted by Gasteiger charge is 2.17. The normalized spacial score (nSPS) is 13.7. The number of aromatic nitrogens is 3. The molecule has 0 saturated carbocycles. The van der Waals surface area contributed by atoms with Gasteiger partial charge in [0.25, 0.3) is 5.91 Å². The molecule has 0 atom stereocenters. The van der Waals surface area contributed by atoms with Crippen LogP contribution in [0.1, 0.15) is 5.82 Å². The molecule has 0 bridgehead atoms. The van der Waals surface area contributed by atoms with Crippen LogP contribution in [-0.4, -0.2) is 27.7 Å². The fourth-order valence-corrected chi connectivity index (χ4v) is 1.74. The number of nitrogens with two attached hydrogens (primary N) is 1. The first-order valence-corrected chi connectivity index (χ1v) is 5.44. The fraction of sp³-hybridized carbons (Fsp3) is 0.182. The van der Waals surface area contributed by atoms with E-state index in [0.29, 0.717) is 29.6 Å². The molecule has 2 heterocycles. The van der Waals surface area contributed by atoms with E-state index in [9.17, 15) is 4.79 Å². The summed E-state index contributed by atoms with van der Waals surface area (Å²) < 4.78 is 5.27. The zero-order valence-corrected chi connectivity index (χ0v) is 9.43. The quantitative estimate of drug-likeness (QED) is 0.703. The van der Waals surface area contributed by atoms with Crippen LogP contribution >= 0.6 is 0 Å². The van der Waals surface area contributed by atoms with Gasteiger partial charge < -0.3 is 15.8 Å². The Balaban J connectivity index is 1.98. The number of rotatable bonds is 2. The Morgan fingerprint density at radius 2 is 2.33 bits per heavy atom. The molecule has 7 nitrogen and oxygen atoms in total. The number of aromatic amines is 1. The third kappa shape index (κ3) is 1.80. The summed E-state index contributed by atoms with van der Waals surface area (Å²) in [5.41, 5.74) is 6.87. The fourth-order valence-electron chi connectivity index (χ4n) is 1.74. The van der Waals surface area contributed by atoms with Gasteiger partial charge in [-0.05, 0) is 18.2 Å². The van der Waals surface area contributed by atoms with E-state index in [4.69, 9.17) is 10.5 Å². The van der Waals surface area contributed by atoms with Gasteiger partial charge in [-0.2, -0.15) is 5.10 Å². The topological polar surface area (TPSA) is 106 Å². The van der Waals surface area contributed by atoms with E-state index >= 15 is 0 Å². The summed E-state index contributed by atoms with van der Waals surface area (Å²) in [6.45, 7) is 0.349. The van der Waals surface area contributed by atoms with Gasteiger partial charge in [0.2, 0.25) is 0 Å². The van der Waals surface area contributed by atoms with Gasteiger partial charge in [0, 0.05) is 5.56 Å². The van der Waals surface area contributed by atoms with E-state index in [0.717, 1.165) is 5.56 Å². The molecule has 1 aliphatic heterocycles. The summed E-state index contributed by atoms with van der Waals surface area (Å²) in [6.07, 6.45) is 0. The highest BCUT2D eigenvalue weighted by Crippen LogP contribution is 2.31. The smallest absolute Gasteiger partial charge is 0.262 e. The first kappa shape index (κ1) is 10.7. The van der Waals surface area contributed by atoms with E-state index in [-0.39, 0.29) is 12.5 Å². The van der Waals surface area contributed by atoms with Crippen LogP contribution in [0.5, 0.6) is 5.75 Å². The molecule has 1 amide bonds. The molecule has 2 aromatic rings. The molecular formula is C11H11N5O2. The van der Waals surface area contributed by atoms with E-state index < -0.39 is 0 Å². The number of ether oxygens (including phenoxy) is 1. The predicted molar refractivity (Wildman–Crippen MR) is 63.8 cm³/mol. The second-order valence-corrected chi connectivity index (χ2v) is 3.86. The number of nitrogens with one attached hydrogen (secondary N) is 2. The lowest BCUT2D eigenvalue weighted by Gasteiger charge is -2.17. The maximum absolute atomic E-state index is 11.2. The lowest BCUT2D eigenvalue weighted by atomic mass is 10.1. The number of amides is 1. The average molecular weight is 245 g/mol. The van der Waals surface area contributed by atoms with Gasteiger partial charge in [-0.25, -0.2) is 4.98 Å². The Bertz CT molecular complexity index is 607. The Hall–Kier alpha value is -2.41. The van der Waals surface area contributed by atoms with Gasteiger partial charge in [-0.1, -0.05) is 0 Å². The summed E-state index contributed by atoms with van der Waals surface area (Å²) in [5, 5.41) is 9.53. The zero-order chi connectivity index (χ0) is 12.5. The van der Waals surface area contributed by atoms with Crippen molar-refractivity contribution in [2.75, 3.05) is 11.9 Å². The second kappa shape index (κ2) is 4.11. The summed E-state index contributed by atoms with van der Waals surface area (Å²) in [7, 11) is 0. The number of carbonyl (C=O) groups excluding carboxylic acids is 1. The number of hydrogen-bond donors (Lipinski definition) is 3. The van der Waals surface area contributed by atoms with Gasteiger partial charge in [-0.3, -0.25) is 9.89 Å². The van der Waals surface area contributed by atoms with E-state index in [1.165, 1.54) is 0 Å². The predicted octanol–water partition coefficient (Wildman–Crippen LogP) is 0.261. The minimum absolute atomic E-state index is 0.0460. The Kier molecular flexibility index (Phi) is 2.45. The monoisotopic (exact) mass is 245 g/mol. The minimum Gasteiger partial charge on any atom is -0.482 e. The Morgan fingerprint density at radius 3 is 3.11 bits per heavy atom. The molecule has 0 unspecified atom stereocenters. The first-order valence-electron chi connectivity index (χ1n) is 5.44. The summed E-state index contributed by atoms with van der Waals surface area (Å²) in [5.74, 6) is 1.63. The van der Waals surface area contributed by atoms with Crippen LogP contribution in [0.25, 0.3) is 11.4 Å². The highest BCUT2D eigenvalue weighted by atomic mass is 16.5. The van der Waals surface area contributed by atoms with Crippen molar-refractivity contribution in [3.8, 4) is 17.1 Å². The van der Waals surface area contributed by atoms with Crippen molar-refractivity contribution in [3.05, 3.63) is 24.0 Å². The SMILES string of the molecule is NCc1nc(-c2ccc3c(c2)NC(=O)CO3)n[nH]1. The van der Waals surface area contributed by atoms with Crippen LogP contribution in [-0.2, 0) is 11.3 Å². The van der Waals surface area contributed by atoms with Gasteiger partial charge in [-0.15, -0.1) is 0 Å². The Labute approximate surface area is 102 Å². The number of fused-ring (bicyclic) bond motifs is 1. The maximum Gasteiger partial charge on any atom is 0.262 e. The largest absolute Gasteiger partial charge is 0.482 e. The van der Waals surface area contributed by atoms with Crippen LogP contribution in [0.2, 0.25) is 0 Å². The van der Waals surface area contributed by atoms with Crippen molar-refractivity contribution in [2.24, 2.45) is 5.73 Å². The van der Waals surface area contributed by atoms with Crippen molar-refractivity contribution in [1.29, 1.82) is 0 Å². The first-order chi connectivity index (χ1) is 8.76. The molecule has 0 fully saturated rings. The molecule has 1 aromatic carbocycles. The van der Waals surface area contributed by atoms with Crippen LogP contribution < -0.4 is 15.8 Å². The maximum atomic E-state index is 11.2. The minimum atomic E-state index is -0.169. The molecule has 1 aromatic heterocycles. The van der Waals surface area contributed by atoms with Crippen LogP contribution in [0.4, 0.5) is 5.69 Å². The molecule has 4 N–H and O–H groups in total. The summed E-state index contributed by atoms with van der Waals surface area (Å²) >= 11 is 0. The molecule has 7 heteroatoms. The van der Waals surface area contributed by atoms with Crippen LogP contribution in [0.15, 0.2) is 18.2 Å². The standard InChI is InChI=1S/C11H11N5O2/c12-4-9-14-11(16-15-9)6-1-2-8-7(3-6)13-10(17)5-18-8/h1-3H,4-5,12H2,(H,13,17)(H,14,15,16). The summed E-state index contributed by atoms with van der Waals surface area (Å²) in [6, 6.07) is 5.39. The van der Waals surface area contributed by atoms with Crippen molar-refractivity contribution in [2.45, 2.75) is 6.54 Å². The van der Waals surface area contributed by atoms with E-state index in [1.807, 2.05) is 6.07 Å². The lowest BCUT2D eigenvalue weighted by molar-refractivity contribution is -0.118. The third-order valence-electron chi connectivity index (χ3n) is 2.60. The third-order valence-corrected chi connectivity index (χ3v) is 2.60. The number of H-pyrrole nitrogens is 1. The molecule has 92 valence electrons. The molecular weight excluding hydrogens is 234 g/mol. The van der Waals surface area contributed by atoms with Gasteiger partial charge in [0.15, 0.2) is 12.4 Å². The molecule has 0 aliphatic carbocycles. The number of nitrogens with zero attached hydrogens (tertiary/aromatic N) is 2. The highest BCUT2D eigenvalue weighted by molar-refractivity contribution is 5.96. The van der Waals surface area contributed by atoms with Crippen molar-refractivity contribution < 1.29 is 9.53 Å². The molecule has 0 saturated heterocycles. The van der Waals surface area contributed by atoms with E-state index in [1.54, 1.807) is 12.1 Å². The number of hydrogen-bond acceptors (Lipinski definition) is 5. The van der Waals surface area contributed by atoms with Crippen LogP contribution in [0, 0.1) is 0 Å².